The second-order valence-electron chi connectivity index (χ2n) is 5.68. The number of fused-ring (bicyclic) bond motifs is 2. The van der Waals surface area contributed by atoms with Gasteiger partial charge in [0.1, 0.15) is 5.69 Å². The molecule has 3 rings (SSSR count). The van der Waals surface area contributed by atoms with Crippen molar-refractivity contribution in [1.29, 1.82) is 0 Å². The van der Waals surface area contributed by atoms with Gasteiger partial charge in [-0.1, -0.05) is 0 Å². The van der Waals surface area contributed by atoms with Crippen molar-refractivity contribution in [1.82, 2.24) is 20.2 Å². The molecule has 7 heteroatoms. The van der Waals surface area contributed by atoms with Crippen molar-refractivity contribution in [2.45, 2.75) is 43.8 Å². The number of nitrogens with zero attached hydrogens (tertiary/aromatic N) is 1. The molecule has 2 saturated heterocycles. The summed E-state index contributed by atoms with van der Waals surface area (Å²) in [5.41, 5.74) is -1.16. The average molecular weight is 278 g/mol. The van der Waals surface area contributed by atoms with Gasteiger partial charge in [-0.15, -0.1) is 0 Å². The van der Waals surface area contributed by atoms with Crippen LogP contribution in [0.2, 0.25) is 0 Å². The molecular weight excluding hydrogens is 260 g/mol. The van der Waals surface area contributed by atoms with Crippen LogP contribution in [-0.4, -0.2) is 45.9 Å². The Bertz CT molecular complexity index is 595. The van der Waals surface area contributed by atoms with Crippen LogP contribution in [-0.2, 0) is 0 Å². The summed E-state index contributed by atoms with van der Waals surface area (Å²) < 4.78 is 0. The molecule has 0 aromatic carbocycles. The maximum atomic E-state index is 12.4. The largest absolute Gasteiger partial charge is 0.337 e. The second kappa shape index (κ2) is 4.90. The van der Waals surface area contributed by atoms with E-state index >= 15 is 0 Å². The number of carbonyl (C=O) groups excluding carboxylic acids is 1. The van der Waals surface area contributed by atoms with Crippen LogP contribution in [0.25, 0.3) is 0 Å². The molecule has 2 aliphatic rings. The first-order valence-corrected chi connectivity index (χ1v) is 6.90. The van der Waals surface area contributed by atoms with E-state index in [1.165, 1.54) is 0 Å². The molecule has 2 aliphatic heterocycles. The predicted octanol–water partition coefficient (Wildman–Crippen LogP) is -0.582. The molecule has 0 saturated carbocycles. The van der Waals surface area contributed by atoms with Crippen molar-refractivity contribution in [3.05, 3.63) is 32.6 Å². The molecule has 1 aromatic heterocycles. The molecule has 7 nitrogen and oxygen atoms in total. The van der Waals surface area contributed by atoms with E-state index in [1.807, 2.05) is 0 Å². The summed E-state index contributed by atoms with van der Waals surface area (Å²) in [4.78, 5) is 41.0. The van der Waals surface area contributed by atoms with Gasteiger partial charge in [-0.25, -0.2) is 4.79 Å². The molecule has 2 fully saturated rings. The molecule has 1 aromatic rings. The van der Waals surface area contributed by atoms with Crippen LogP contribution in [0.4, 0.5) is 0 Å². The molecule has 108 valence electrons. The van der Waals surface area contributed by atoms with E-state index < -0.39 is 11.2 Å². The summed E-state index contributed by atoms with van der Waals surface area (Å²) in [5.74, 6) is -0.306. The Labute approximate surface area is 115 Å². The van der Waals surface area contributed by atoms with Crippen molar-refractivity contribution in [2.24, 2.45) is 0 Å². The first-order chi connectivity index (χ1) is 9.52. The molecule has 3 heterocycles. The summed E-state index contributed by atoms with van der Waals surface area (Å²) in [6.45, 7) is 0. The van der Waals surface area contributed by atoms with Gasteiger partial charge in [0.15, 0.2) is 0 Å². The number of amides is 1. The van der Waals surface area contributed by atoms with E-state index in [9.17, 15) is 14.4 Å². The van der Waals surface area contributed by atoms with Gasteiger partial charge in [0.05, 0.1) is 0 Å². The lowest BCUT2D eigenvalue weighted by atomic mass is 9.98. The summed E-state index contributed by atoms with van der Waals surface area (Å²) in [7, 11) is 1.73. The minimum atomic E-state index is -0.653. The third-order valence-corrected chi connectivity index (χ3v) is 4.31. The van der Waals surface area contributed by atoms with Crippen LogP contribution in [0.15, 0.2) is 15.7 Å². The summed E-state index contributed by atoms with van der Waals surface area (Å²) >= 11 is 0. The van der Waals surface area contributed by atoms with E-state index in [0.29, 0.717) is 12.1 Å². The normalized spacial score (nSPS) is 28.4. The topological polar surface area (TPSA) is 98.1 Å². The first kappa shape index (κ1) is 13.1. The minimum absolute atomic E-state index is 0.0483. The van der Waals surface area contributed by atoms with Crippen molar-refractivity contribution in [3.8, 4) is 0 Å². The molecular formula is C13H18N4O3. The fourth-order valence-electron chi connectivity index (χ4n) is 3.28. The van der Waals surface area contributed by atoms with Crippen LogP contribution >= 0.6 is 0 Å². The lowest BCUT2D eigenvalue weighted by Gasteiger charge is -2.35. The van der Waals surface area contributed by atoms with Crippen molar-refractivity contribution in [3.63, 3.8) is 0 Å². The molecule has 0 aliphatic carbocycles. The molecule has 0 spiro atoms. The van der Waals surface area contributed by atoms with Gasteiger partial charge in [-0.2, -0.15) is 0 Å². The van der Waals surface area contributed by atoms with Gasteiger partial charge >= 0.3 is 5.69 Å². The molecule has 2 atom stereocenters. The number of hydrogen-bond acceptors (Lipinski definition) is 4. The van der Waals surface area contributed by atoms with Crippen LogP contribution < -0.4 is 16.6 Å². The molecule has 3 N–H and O–H groups in total. The predicted molar refractivity (Wildman–Crippen MR) is 72.7 cm³/mol. The molecule has 2 unspecified atom stereocenters. The number of carbonyl (C=O) groups is 1. The fourth-order valence-corrected chi connectivity index (χ4v) is 3.28. The Kier molecular flexibility index (Phi) is 3.21. The first-order valence-electron chi connectivity index (χ1n) is 6.90. The minimum Gasteiger partial charge on any atom is -0.337 e. The van der Waals surface area contributed by atoms with Crippen molar-refractivity contribution < 1.29 is 4.79 Å². The summed E-state index contributed by atoms with van der Waals surface area (Å²) in [6, 6.07) is 2.25. The van der Waals surface area contributed by atoms with Gasteiger partial charge in [-0.3, -0.25) is 14.6 Å². The highest BCUT2D eigenvalue weighted by Gasteiger charge is 2.36. The Balaban J connectivity index is 1.79. The zero-order valence-corrected chi connectivity index (χ0v) is 11.3. The van der Waals surface area contributed by atoms with Crippen molar-refractivity contribution in [2.75, 3.05) is 7.05 Å². The van der Waals surface area contributed by atoms with E-state index in [2.05, 4.69) is 15.3 Å². The third-order valence-electron chi connectivity index (χ3n) is 4.31. The van der Waals surface area contributed by atoms with Gasteiger partial charge in [0, 0.05) is 31.2 Å². The second-order valence-corrected chi connectivity index (χ2v) is 5.68. The maximum absolute atomic E-state index is 12.4. The highest BCUT2D eigenvalue weighted by atomic mass is 16.2. The van der Waals surface area contributed by atoms with Crippen LogP contribution in [0.5, 0.6) is 0 Å². The number of rotatable bonds is 2. The van der Waals surface area contributed by atoms with E-state index in [4.69, 9.17) is 0 Å². The average Bonchev–Trinajstić information content (AvgIpc) is 2.74. The Morgan fingerprint density at radius 3 is 2.45 bits per heavy atom. The smallest absolute Gasteiger partial charge is 0.326 e. The third kappa shape index (κ3) is 2.40. The lowest BCUT2D eigenvalue weighted by Crippen LogP contribution is -2.49. The molecule has 0 radical (unpaired) electrons. The SMILES string of the molecule is CN(C(=O)c1cc(=O)[nH]c(=O)[nH]1)C1CC2CCC(C1)N2. The maximum Gasteiger partial charge on any atom is 0.326 e. The summed E-state index contributed by atoms with van der Waals surface area (Å²) in [5, 5.41) is 3.52. The van der Waals surface area contributed by atoms with Crippen LogP contribution in [0.1, 0.15) is 36.2 Å². The quantitative estimate of drug-likeness (QED) is 0.674. The number of aromatic nitrogens is 2. The van der Waals surface area contributed by atoms with Crippen LogP contribution in [0.3, 0.4) is 0 Å². The van der Waals surface area contributed by atoms with Gasteiger partial charge in [0.25, 0.3) is 11.5 Å². The number of aromatic amines is 2. The van der Waals surface area contributed by atoms with Crippen LogP contribution in [0, 0.1) is 0 Å². The molecule has 2 bridgehead atoms. The van der Waals surface area contributed by atoms with E-state index in [0.717, 1.165) is 31.7 Å². The lowest BCUT2D eigenvalue weighted by molar-refractivity contribution is 0.0675. The van der Waals surface area contributed by atoms with Gasteiger partial charge in [0.2, 0.25) is 0 Å². The number of H-pyrrole nitrogens is 2. The number of hydrogen-bond donors (Lipinski definition) is 3. The zero-order chi connectivity index (χ0) is 14.3. The monoisotopic (exact) mass is 278 g/mol. The van der Waals surface area contributed by atoms with Gasteiger partial charge in [-0.05, 0) is 25.7 Å². The number of nitrogens with one attached hydrogen (secondary N) is 3. The Hall–Kier alpha value is -1.89. The highest BCUT2D eigenvalue weighted by molar-refractivity contribution is 5.92. The standard InChI is InChI=1S/C13H18N4O3/c1-17(9-4-7-2-3-8(5-9)14-7)12(19)10-6-11(18)16-13(20)15-10/h6-9,14H,2-5H2,1H3,(H2,15,16,18,20). The van der Waals surface area contributed by atoms with Crippen molar-refractivity contribution >= 4 is 5.91 Å². The molecule has 20 heavy (non-hydrogen) atoms. The fraction of sp³-hybridized carbons (Fsp3) is 0.615. The zero-order valence-electron chi connectivity index (χ0n) is 11.3. The Morgan fingerprint density at radius 1 is 1.20 bits per heavy atom. The van der Waals surface area contributed by atoms with E-state index in [-0.39, 0.29) is 17.6 Å². The number of piperidine rings is 1. The molecule has 1 amide bonds. The Morgan fingerprint density at radius 2 is 1.85 bits per heavy atom. The van der Waals surface area contributed by atoms with E-state index in [1.54, 1.807) is 11.9 Å². The van der Waals surface area contributed by atoms with Gasteiger partial charge < -0.3 is 15.2 Å². The highest BCUT2D eigenvalue weighted by Crippen LogP contribution is 2.29. The summed E-state index contributed by atoms with van der Waals surface area (Å²) in [6.07, 6.45) is 4.16.